The Balaban J connectivity index is 5.06. The fourth-order valence-electron chi connectivity index (χ4n) is 2.66. The van der Waals surface area contributed by atoms with Gasteiger partial charge in [0.25, 0.3) is 0 Å². The van der Waals surface area contributed by atoms with Gasteiger partial charge in [-0.3, -0.25) is 0 Å². The Morgan fingerprint density at radius 1 is 0.880 bits per heavy atom. The number of esters is 1. The first kappa shape index (κ1) is 24.1. The minimum absolute atomic E-state index is 0.353. The summed E-state index contributed by atoms with van der Waals surface area (Å²) < 4.78 is 23.0. The van der Waals surface area contributed by atoms with Gasteiger partial charge in [-0.25, -0.2) is 4.79 Å². The lowest BCUT2D eigenvalue weighted by Gasteiger charge is -2.38. The molecule has 0 bridgehead atoms. The van der Waals surface area contributed by atoms with Crippen LogP contribution in [0.4, 0.5) is 0 Å². The molecule has 148 valence electrons. The van der Waals surface area contributed by atoms with Crippen molar-refractivity contribution in [3.05, 3.63) is 12.2 Å². The normalized spacial score (nSPS) is 12.8. The molecule has 0 radical (unpaired) electrons. The van der Waals surface area contributed by atoms with E-state index in [0.29, 0.717) is 31.8 Å². The van der Waals surface area contributed by atoms with Crippen LogP contribution in [0.5, 0.6) is 0 Å². The largest absolute Gasteiger partial charge is 0.450 e. The second kappa shape index (κ2) is 14.3. The topological polar surface area (TPSA) is 54.0 Å². The Bertz CT molecular complexity index is 350. The smallest absolute Gasteiger partial charge is 0.333 e. The zero-order chi connectivity index (χ0) is 19.1. The quantitative estimate of drug-likeness (QED) is 0.168. The minimum Gasteiger partial charge on any atom is -0.450 e. The molecule has 1 atom stereocenters. The molecule has 0 aliphatic carbocycles. The molecule has 0 N–H and O–H groups in total. The van der Waals surface area contributed by atoms with E-state index in [4.69, 9.17) is 18.9 Å². The highest BCUT2D eigenvalue weighted by Crippen LogP contribution is 2.28. The molecular weight excluding hydrogens is 320 g/mol. The summed E-state index contributed by atoms with van der Waals surface area (Å²) in [5.41, 5.74) is 0.353. The third kappa shape index (κ3) is 9.38. The second-order valence-corrected chi connectivity index (χ2v) is 6.13. The highest BCUT2D eigenvalue weighted by Gasteiger charge is 2.45. The van der Waals surface area contributed by atoms with E-state index in [2.05, 4.69) is 13.5 Å². The number of ether oxygens (including phenoxy) is 4. The monoisotopic (exact) mass is 358 g/mol. The summed E-state index contributed by atoms with van der Waals surface area (Å²) >= 11 is 0. The zero-order valence-corrected chi connectivity index (χ0v) is 16.9. The molecule has 0 heterocycles. The van der Waals surface area contributed by atoms with Crippen molar-refractivity contribution in [1.29, 1.82) is 0 Å². The summed E-state index contributed by atoms with van der Waals surface area (Å²) in [7, 11) is 0. The molecule has 25 heavy (non-hydrogen) atoms. The maximum absolute atomic E-state index is 12.1. The van der Waals surface area contributed by atoms with E-state index in [1.54, 1.807) is 6.92 Å². The predicted octanol–water partition coefficient (Wildman–Crippen LogP) is 4.99. The van der Waals surface area contributed by atoms with Gasteiger partial charge in [-0.2, -0.15) is 0 Å². The van der Waals surface area contributed by atoms with Crippen molar-refractivity contribution in [1.82, 2.24) is 0 Å². The maximum Gasteiger partial charge on any atom is 0.333 e. The Kier molecular flexibility index (Phi) is 13.8. The number of unbranched alkanes of at least 4 members (excludes halogenated alkanes) is 5. The van der Waals surface area contributed by atoms with Crippen LogP contribution in [0.25, 0.3) is 0 Å². The highest BCUT2D eigenvalue weighted by molar-refractivity contribution is 5.87. The van der Waals surface area contributed by atoms with Gasteiger partial charge >= 0.3 is 11.9 Å². The Morgan fingerprint density at radius 2 is 1.36 bits per heavy atom. The maximum atomic E-state index is 12.1. The van der Waals surface area contributed by atoms with Gasteiger partial charge < -0.3 is 18.9 Å². The van der Waals surface area contributed by atoms with Crippen molar-refractivity contribution in [2.45, 2.75) is 91.6 Å². The van der Waals surface area contributed by atoms with Crippen molar-refractivity contribution in [3.63, 3.8) is 0 Å². The van der Waals surface area contributed by atoms with Gasteiger partial charge in [-0.15, -0.1) is 0 Å². The van der Waals surface area contributed by atoms with Gasteiger partial charge in [0.2, 0.25) is 0 Å². The van der Waals surface area contributed by atoms with E-state index in [0.717, 1.165) is 12.8 Å². The molecule has 0 spiro atoms. The molecule has 0 saturated carbocycles. The molecule has 1 unspecified atom stereocenters. The fraction of sp³-hybridized carbons (Fsp3) is 0.850. The molecule has 0 aromatic carbocycles. The van der Waals surface area contributed by atoms with E-state index in [-0.39, 0.29) is 0 Å². The fourth-order valence-corrected chi connectivity index (χ4v) is 2.66. The van der Waals surface area contributed by atoms with Gasteiger partial charge in [0, 0.05) is 25.4 Å². The molecule has 5 heteroatoms. The lowest BCUT2D eigenvalue weighted by molar-refractivity contribution is -0.410. The Morgan fingerprint density at radius 3 is 1.80 bits per heavy atom. The third-order valence-electron chi connectivity index (χ3n) is 3.85. The molecule has 0 fully saturated rings. The minimum atomic E-state index is -1.35. The van der Waals surface area contributed by atoms with Crippen LogP contribution in [0.3, 0.4) is 0 Å². The standard InChI is InChI=1S/C20H38O5/c1-7-11-12-13-14-15-16-18(25-19(21)17(5)6)20(22-8-2,23-9-3)24-10-4/h18H,5,7-16H2,1-4,6H3. The summed E-state index contributed by atoms with van der Waals surface area (Å²) in [5, 5.41) is 0. The van der Waals surface area contributed by atoms with E-state index in [1.165, 1.54) is 25.7 Å². The first-order valence-corrected chi connectivity index (χ1v) is 9.75. The van der Waals surface area contributed by atoms with Crippen molar-refractivity contribution in [2.24, 2.45) is 0 Å². The van der Waals surface area contributed by atoms with Crippen molar-refractivity contribution < 1.29 is 23.7 Å². The molecule has 0 aliphatic rings. The van der Waals surface area contributed by atoms with Crippen LogP contribution >= 0.6 is 0 Å². The van der Waals surface area contributed by atoms with Gasteiger partial charge in [-0.05, 0) is 40.5 Å². The molecular formula is C20H38O5. The van der Waals surface area contributed by atoms with Gasteiger partial charge in [0.15, 0.2) is 6.10 Å². The zero-order valence-electron chi connectivity index (χ0n) is 16.9. The molecule has 0 rings (SSSR count). The molecule has 0 amide bonds. The van der Waals surface area contributed by atoms with Crippen LogP contribution in [0.2, 0.25) is 0 Å². The number of hydrogen-bond acceptors (Lipinski definition) is 5. The predicted molar refractivity (Wildman–Crippen MR) is 100 cm³/mol. The van der Waals surface area contributed by atoms with E-state index in [1.807, 2.05) is 20.8 Å². The van der Waals surface area contributed by atoms with Crippen LogP contribution < -0.4 is 0 Å². The molecule has 5 nitrogen and oxygen atoms in total. The van der Waals surface area contributed by atoms with Crippen LogP contribution in [0.15, 0.2) is 12.2 Å². The lowest BCUT2D eigenvalue weighted by Crippen LogP contribution is -2.52. The Labute approximate surface area is 154 Å². The number of hydrogen-bond donors (Lipinski definition) is 0. The van der Waals surface area contributed by atoms with E-state index in [9.17, 15) is 4.79 Å². The van der Waals surface area contributed by atoms with Crippen LogP contribution in [0, 0.1) is 0 Å². The molecule has 0 saturated heterocycles. The summed E-state index contributed by atoms with van der Waals surface area (Å²) in [6.07, 6.45) is 6.91. The van der Waals surface area contributed by atoms with Crippen molar-refractivity contribution in [2.75, 3.05) is 19.8 Å². The van der Waals surface area contributed by atoms with E-state index >= 15 is 0 Å². The summed E-state index contributed by atoms with van der Waals surface area (Å²) in [6, 6.07) is 0. The summed E-state index contributed by atoms with van der Waals surface area (Å²) in [6.45, 7) is 14.3. The number of carbonyl (C=O) groups is 1. The molecule has 0 aromatic heterocycles. The van der Waals surface area contributed by atoms with Crippen LogP contribution in [-0.4, -0.2) is 37.9 Å². The lowest BCUT2D eigenvalue weighted by atomic mass is 10.1. The SMILES string of the molecule is C=C(C)C(=O)OC(CCCCCCCC)C(OCC)(OCC)OCC. The molecule has 0 aliphatic heterocycles. The molecule has 0 aromatic rings. The number of rotatable bonds is 16. The second-order valence-electron chi connectivity index (χ2n) is 6.13. The number of carbonyl (C=O) groups excluding carboxylic acids is 1. The third-order valence-corrected chi connectivity index (χ3v) is 3.85. The average molecular weight is 359 g/mol. The van der Waals surface area contributed by atoms with E-state index < -0.39 is 18.0 Å². The first-order valence-electron chi connectivity index (χ1n) is 9.75. The summed E-state index contributed by atoms with van der Waals surface area (Å²) in [4.78, 5) is 12.1. The first-order chi connectivity index (χ1) is 12.0. The van der Waals surface area contributed by atoms with Gasteiger partial charge in [0.05, 0.1) is 0 Å². The highest BCUT2D eigenvalue weighted by atomic mass is 16.9. The van der Waals surface area contributed by atoms with Gasteiger partial charge in [-0.1, -0.05) is 45.6 Å². The van der Waals surface area contributed by atoms with Crippen molar-refractivity contribution in [3.8, 4) is 0 Å². The van der Waals surface area contributed by atoms with Crippen molar-refractivity contribution >= 4 is 5.97 Å². The average Bonchev–Trinajstić information content (AvgIpc) is 2.57. The van der Waals surface area contributed by atoms with Crippen LogP contribution in [0.1, 0.15) is 79.6 Å². The van der Waals surface area contributed by atoms with Gasteiger partial charge in [0.1, 0.15) is 0 Å². The Hall–Kier alpha value is -0.910. The summed E-state index contributed by atoms with van der Waals surface area (Å²) in [5.74, 6) is -1.80. The van der Waals surface area contributed by atoms with Crippen LogP contribution in [-0.2, 0) is 23.7 Å².